The van der Waals surface area contributed by atoms with Crippen LogP contribution in [0.2, 0.25) is 5.02 Å². The van der Waals surface area contributed by atoms with E-state index in [4.69, 9.17) is 11.6 Å². The molecule has 2 amide bonds. The predicted molar refractivity (Wildman–Crippen MR) is 175 cm³/mol. The highest BCUT2D eigenvalue weighted by atomic mass is 35.5. The summed E-state index contributed by atoms with van der Waals surface area (Å²) < 4.78 is 30.6. The topological polar surface area (TPSA) is 88.5 Å². The number of carbonyl (C=O) groups is 2. The Morgan fingerprint density at radius 2 is 1.55 bits per heavy atom. The van der Waals surface area contributed by atoms with Crippen molar-refractivity contribution in [1.29, 1.82) is 0 Å². The molecule has 9 heteroatoms. The molecule has 0 atom stereocenters. The number of nitrogens with zero attached hydrogens (tertiary/aromatic N) is 2. The minimum absolute atomic E-state index is 0.0284. The van der Waals surface area contributed by atoms with E-state index in [1.165, 1.54) is 18.2 Å². The molecule has 7 nitrogen and oxygen atoms in total. The molecule has 44 heavy (non-hydrogen) atoms. The van der Waals surface area contributed by atoms with Crippen LogP contribution >= 0.6 is 11.6 Å². The van der Waals surface area contributed by atoms with Crippen LogP contribution in [-0.2, 0) is 16.6 Å². The SMILES string of the molecule is CCCCCN(Cc1ccc(-c2ccccc2S(=O)(=O)NC(=O)c2ccccc2Cl)cc1)C(=O)n1cc(C)c2ccccc21. The van der Waals surface area contributed by atoms with Crippen LogP contribution < -0.4 is 4.72 Å². The second-order valence-electron chi connectivity index (χ2n) is 10.7. The Labute approximate surface area is 263 Å². The molecule has 0 saturated carbocycles. The van der Waals surface area contributed by atoms with E-state index in [9.17, 15) is 18.0 Å². The number of hydrogen-bond acceptors (Lipinski definition) is 4. The summed E-state index contributed by atoms with van der Waals surface area (Å²) in [5, 5.41) is 1.21. The molecule has 1 heterocycles. The van der Waals surface area contributed by atoms with Gasteiger partial charge in [-0.2, -0.15) is 0 Å². The van der Waals surface area contributed by atoms with Crippen LogP contribution in [0.3, 0.4) is 0 Å². The third-order valence-corrected chi connectivity index (χ3v) is 9.30. The number of carbonyl (C=O) groups excluding carboxylic acids is 2. The molecule has 0 unspecified atom stereocenters. The van der Waals surface area contributed by atoms with E-state index in [1.54, 1.807) is 34.9 Å². The van der Waals surface area contributed by atoms with Crippen molar-refractivity contribution in [2.75, 3.05) is 6.54 Å². The van der Waals surface area contributed by atoms with Crippen molar-refractivity contribution in [3.63, 3.8) is 0 Å². The fourth-order valence-electron chi connectivity index (χ4n) is 5.28. The maximum atomic E-state index is 13.8. The molecule has 4 aromatic carbocycles. The summed E-state index contributed by atoms with van der Waals surface area (Å²) >= 11 is 6.11. The number of aromatic nitrogens is 1. The van der Waals surface area contributed by atoms with Gasteiger partial charge in [-0.05, 0) is 54.3 Å². The Balaban J connectivity index is 1.39. The number of benzene rings is 4. The van der Waals surface area contributed by atoms with Gasteiger partial charge in [0.1, 0.15) is 0 Å². The first-order valence-electron chi connectivity index (χ1n) is 14.6. The van der Waals surface area contributed by atoms with Crippen LogP contribution in [0.15, 0.2) is 108 Å². The molecule has 0 aliphatic carbocycles. The fourth-order valence-corrected chi connectivity index (χ4v) is 6.70. The van der Waals surface area contributed by atoms with Crippen molar-refractivity contribution in [2.24, 2.45) is 0 Å². The van der Waals surface area contributed by atoms with Crippen molar-refractivity contribution in [3.8, 4) is 11.1 Å². The van der Waals surface area contributed by atoms with Crippen LogP contribution in [0.25, 0.3) is 22.0 Å². The minimum atomic E-state index is -4.22. The number of aryl methyl sites for hydroxylation is 1. The summed E-state index contributed by atoms with van der Waals surface area (Å²) in [5.41, 5.74) is 4.02. The van der Waals surface area contributed by atoms with Crippen molar-refractivity contribution in [3.05, 3.63) is 125 Å². The Morgan fingerprint density at radius 3 is 2.30 bits per heavy atom. The molecule has 1 aromatic heterocycles. The zero-order valence-corrected chi connectivity index (χ0v) is 26.2. The zero-order valence-electron chi connectivity index (χ0n) is 24.7. The molecule has 1 N–H and O–H groups in total. The smallest absolute Gasteiger partial charge is 0.320 e. The van der Waals surface area contributed by atoms with Gasteiger partial charge in [0.05, 0.1) is 21.0 Å². The van der Waals surface area contributed by atoms with Gasteiger partial charge in [0.15, 0.2) is 0 Å². The number of rotatable bonds is 10. The monoisotopic (exact) mass is 627 g/mol. The fraction of sp³-hybridized carbons (Fsp3) is 0.200. The van der Waals surface area contributed by atoms with Gasteiger partial charge in [-0.1, -0.05) is 104 Å². The molecule has 0 spiro atoms. The van der Waals surface area contributed by atoms with Crippen LogP contribution in [0.5, 0.6) is 0 Å². The molecule has 0 aliphatic rings. The Bertz CT molecular complexity index is 1920. The first-order valence-corrected chi connectivity index (χ1v) is 16.4. The quantitative estimate of drug-likeness (QED) is 0.159. The number of halogens is 1. The van der Waals surface area contributed by atoms with Gasteiger partial charge in [-0.25, -0.2) is 17.9 Å². The van der Waals surface area contributed by atoms with E-state index >= 15 is 0 Å². The van der Waals surface area contributed by atoms with E-state index in [2.05, 4.69) is 11.6 Å². The third kappa shape index (κ3) is 6.72. The lowest BCUT2D eigenvalue weighted by Gasteiger charge is -2.24. The lowest BCUT2D eigenvalue weighted by molar-refractivity contribution is 0.0981. The summed E-state index contributed by atoms with van der Waals surface area (Å²) in [4.78, 5) is 28.4. The second kappa shape index (κ2) is 13.5. The number of nitrogens with one attached hydrogen (secondary N) is 1. The number of unbranched alkanes of at least 4 members (excludes halogenated alkanes) is 2. The molecule has 0 aliphatic heterocycles. The molecule has 0 bridgehead atoms. The molecule has 5 rings (SSSR count). The van der Waals surface area contributed by atoms with Crippen molar-refractivity contribution in [1.82, 2.24) is 14.2 Å². The largest absolute Gasteiger partial charge is 0.328 e. The second-order valence-corrected chi connectivity index (χ2v) is 12.8. The standard InChI is InChI=1S/C35H34ClN3O4S/c1-3-4-11-22-38(35(41)39-23-25(2)28-12-6-9-16-32(28)39)24-26-18-20-27(21-19-26)29-13-7-10-17-33(29)44(42,43)37-34(40)30-14-5-8-15-31(30)36/h5-10,12-21,23H,3-4,11,22,24H2,1-2H3,(H,37,40). The first kappa shape index (κ1) is 31.0. The van der Waals surface area contributed by atoms with E-state index in [0.29, 0.717) is 24.2 Å². The highest BCUT2D eigenvalue weighted by molar-refractivity contribution is 7.90. The van der Waals surface area contributed by atoms with Gasteiger partial charge < -0.3 is 4.90 Å². The highest BCUT2D eigenvalue weighted by Crippen LogP contribution is 2.29. The average molecular weight is 628 g/mol. The molecule has 0 fully saturated rings. The summed E-state index contributed by atoms with van der Waals surface area (Å²) in [7, 11) is -4.22. The van der Waals surface area contributed by atoms with Gasteiger partial charge in [-0.15, -0.1) is 0 Å². The average Bonchev–Trinajstić information content (AvgIpc) is 3.37. The predicted octanol–water partition coefficient (Wildman–Crippen LogP) is 8.05. The van der Waals surface area contributed by atoms with E-state index in [-0.39, 0.29) is 21.5 Å². The summed E-state index contributed by atoms with van der Waals surface area (Å²) in [6, 6.07) is 28.1. The van der Waals surface area contributed by atoms with E-state index in [0.717, 1.165) is 41.3 Å². The van der Waals surface area contributed by atoms with Gasteiger partial charge in [0, 0.05) is 30.2 Å². The number of hydrogen-bond donors (Lipinski definition) is 1. The molecular weight excluding hydrogens is 594 g/mol. The van der Waals surface area contributed by atoms with Gasteiger partial charge in [-0.3, -0.25) is 9.36 Å². The summed E-state index contributed by atoms with van der Waals surface area (Å²) in [6.07, 6.45) is 4.85. The van der Waals surface area contributed by atoms with Crippen molar-refractivity contribution >= 4 is 44.5 Å². The summed E-state index contributed by atoms with van der Waals surface area (Å²) in [5.74, 6) is -0.806. The zero-order chi connectivity index (χ0) is 31.3. The Morgan fingerprint density at radius 1 is 0.864 bits per heavy atom. The molecule has 5 aromatic rings. The van der Waals surface area contributed by atoms with Gasteiger partial charge >= 0.3 is 6.03 Å². The van der Waals surface area contributed by atoms with E-state index in [1.807, 2.05) is 66.6 Å². The molecular formula is C35H34ClN3O4S. The maximum Gasteiger partial charge on any atom is 0.328 e. The van der Waals surface area contributed by atoms with Gasteiger partial charge in [0.25, 0.3) is 15.9 Å². The molecule has 0 radical (unpaired) electrons. The molecule has 226 valence electrons. The number of para-hydroxylation sites is 1. The maximum absolute atomic E-state index is 13.8. The lowest BCUT2D eigenvalue weighted by Crippen LogP contribution is -2.34. The third-order valence-electron chi connectivity index (χ3n) is 7.58. The van der Waals surface area contributed by atoms with Crippen LogP contribution in [0, 0.1) is 6.92 Å². The number of sulfonamides is 1. The first-order chi connectivity index (χ1) is 21.2. The van der Waals surface area contributed by atoms with Crippen LogP contribution in [-0.4, -0.2) is 36.4 Å². The van der Waals surface area contributed by atoms with E-state index < -0.39 is 15.9 Å². The van der Waals surface area contributed by atoms with Crippen molar-refractivity contribution < 1.29 is 18.0 Å². The summed E-state index contributed by atoms with van der Waals surface area (Å²) in [6.45, 7) is 5.16. The highest BCUT2D eigenvalue weighted by Gasteiger charge is 2.24. The van der Waals surface area contributed by atoms with Crippen molar-refractivity contribution in [2.45, 2.75) is 44.6 Å². The Kier molecular flexibility index (Phi) is 9.52. The van der Waals surface area contributed by atoms with Gasteiger partial charge in [0.2, 0.25) is 0 Å². The molecule has 0 saturated heterocycles. The lowest BCUT2D eigenvalue weighted by atomic mass is 10.0. The number of amides is 2. The minimum Gasteiger partial charge on any atom is -0.320 e. The number of fused-ring (bicyclic) bond motifs is 1. The van der Waals surface area contributed by atoms with Crippen LogP contribution in [0.1, 0.15) is 47.7 Å². The normalized spacial score (nSPS) is 11.4. The Hall–Kier alpha value is -4.40. The van der Waals surface area contributed by atoms with Crippen LogP contribution in [0.4, 0.5) is 4.79 Å².